The molecule has 0 bridgehead atoms. The van der Waals surface area contributed by atoms with Gasteiger partial charge in [0.05, 0.1) is 5.54 Å². The topological polar surface area (TPSA) is 58.4 Å². The van der Waals surface area contributed by atoms with Gasteiger partial charge in [-0.15, -0.1) is 0 Å². The van der Waals surface area contributed by atoms with Gasteiger partial charge in [0, 0.05) is 6.54 Å². The molecular weight excluding hydrogens is 214 g/mol. The highest BCUT2D eigenvalue weighted by Crippen LogP contribution is 2.08. The number of rotatable bonds is 9. The summed E-state index contributed by atoms with van der Waals surface area (Å²) < 4.78 is 0. The van der Waals surface area contributed by atoms with Crippen molar-refractivity contribution in [3.05, 3.63) is 0 Å². The highest BCUT2D eigenvalue weighted by Gasteiger charge is 2.26. The number of hydrogen-bond acceptors (Lipinski definition) is 3. The lowest BCUT2D eigenvalue weighted by Gasteiger charge is -2.23. The number of carbonyl (C=O) groups excluding carboxylic acids is 1. The van der Waals surface area contributed by atoms with E-state index in [4.69, 9.17) is 5.73 Å². The van der Waals surface area contributed by atoms with E-state index in [0.29, 0.717) is 6.54 Å². The van der Waals surface area contributed by atoms with Gasteiger partial charge in [-0.2, -0.15) is 0 Å². The molecule has 0 rings (SSSR count). The van der Waals surface area contributed by atoms with E-state index in [-0.39, 0.29) is 5.91 Å². The maximum atomic E-state index is 11.8. The molecule has 0 aromatic carbocycles. The van der Waals surface area contributed by atoms with Crippen LogP contribution in [-0.2, 0) is 4.79 Å². The smallest absolute Gasteiger partial charge is 0.239 e. The summed E-state index contributed by atoms with van der Waals surface area (Å²) in [5.41, 5.74) is 5.22. The Morgan fingerprint density at radius 3 is 2.35 bits per heavy atom. The molecule has 1 amide bonds. The molecule has 1 unspecified atom stereocenters. The fraction of sp³-hybridized carbons (Fsp3) is 0.923. The molecule has 0 aromatic heterocycles. The first-order valence-electron chi connectivity index (χ1n) is 6.77. The third kappa shape index (κ3) is 6.64. The van der Waals surface area contributed by atoms with Gasteiger partial charge in [0.25, 0.3) is 0 Å². The Hall–Kier alpha value is -0.610. The van der Waals surface area contributed by atoms with Crippen LogP contribution in [0.4, 0.5) is 0 Å². The lowest BCUT2D eigenvalue weighted by molar-refractivity contribution is -0.126. The van der Waals surface area contributed by atoms with Crippen molar-refractivity contribution >= 4 is 5.91 Å². The number of nitrogens with two attached hydrogens (primary N) is 1. The summed E-state index contributed by atoms with van der Waals surface area (Å²) in [7, 11) is 0. The fourth-order valence-corrected chi connectivity index (χ4v) is 1.88. The lowest BCUT2D eigenvalue weighted by Crippen LogP contribution is -2.51. The van der Waals surface area contributed by atoms with Crippen LogP contribution in [0.1, 0.15) is 47.0 Å². The maximum Gasteiger partial charge on any atom is 0.239 e. The number of carbonyl (C=O) groups is 1. The van der Waals surface area contributed by atoms with E-state index in [1.165, 1.54) is 0 Å². The minimum Gasteiger partial charge on any atom is -0.354 e. The molecule has 102 valence electrons. The standard InChI is InChI=1S/C13H29N3O/c1-5-9-13(4,14)12(17)15-10-8-11-16(6-2)7-3/h5-11,14H2,1-4H3,(H,15,17). The van der Waals surface area contributed by atoms with Gasteiger partial charge in [0.15, 0.2) is 0 Å². The molecule has 0 aliphatic heterocycles. The molecule has 0 heterocycles. The van der Waals surface area contributed by atoms with Crippen LogP contribution >= 0.6 is 0 Å². The van der Waals surface area contributed by atoms with Crippen LogP contribution in [-0.4, -0.2) is 42.5 Å². The van der Waals surface area contributed by atoms with E-state index in [0.717, 1.165) is 38.9 Å². The first-order chi connectivity index (χ1) is 7.97. The van der Waals surface area contributed by atoms with E-state index in [1.807, 2.05) is 6.92 Å². The highest BCUT2D eigenvalue weighted by atomic mass is 16.2. The number of amides is 1. The largest absolute Gasteiger partial charge is 0.354 e. The molecule has 0 saturated carbocycles. The third-order valence-corrected chi connectivity index (χ3v) is 3.12. The van der Waals surface area contributed by atoms with E-state index >= 15 is 0 Å². The number of nitrogens with zero attached hydrogens (tertiary/aromatic N) is 1. The van der Waals surface area contributed by atoms with Crippen molar-refractivity contribution in [2.75, 3.05) is 26.2 Å². The maximum absolute atomic E-state index is 11.8. The zero-order chi connectivity index (χ0) is 13.3. The van der Waals surface area contributed by atoms with Crippen molar-refractivity contribution in [2.24, 2.45) is 5.73 Å². The van der Waals surface area contributed by atoms with Crippen molar-refractivity contribution in [2.45, 2.75) is 52.5 Å². The first kappa shape index (κ1) is 16.4. The summed E-state index contributed by atoms with van der Waals surface area (Å²) in [5, 5.41) is 2.92. The Bertz CT molecular complexity index is 213. The summed E-state index contributed by atoms with van der Waals surface area (Å²) in [5.74, 6) is -0.0288. The van der Waals surface area contributed by atoms with Crippen molar-refractivity contribution < 1.29 is 4.79 Å². The second-order valence-corrected chi connectivity index (χ2v) is 4.80. The van der Waals surface area contributed by atoms with Crippen LogP contribution < -0.4 is 11.1 Å². The van der Waals surface area contributed by atoms with Gasteiger partial charge in [0.2, 0.25) is 5.91 Å². The normalized spacial score (nSPS) is 14.7. The molecule has 0 radical (unpaired) electrons. The van der Waals surface area contributed by atoms with Gasteiger partial charge in [-0.05, 0) is 39.4 Å². The predicted octanol–water partition coefficient (Wildman–Crippen LogP) is 1.35. The Morgan fingerprint density at radius 2 is 1.88 bits per heavy atom. The second-order valence-electron chi connectivity index (χ2n) is 4.80. The molecule has 4 nitrogen and oxygen atoms in total. The van der Waals surface area contributed by atoms with Gasteiger partial charge in [-0.25, -0.2) is 0 Å². The van der Waals surface area contributed by atoms with Crippen molar-refractivity contribution in [3.8, 4) is 0 Å². The monoisotopic (exact) mass is 243 g/mol. The first-order valence-corrected chi connectivity index (χ1v) is 6.77. The molecule has 0 fully saturated rings. The molecule has 17 heavy (non-hydrogen) atoms. The predicted molar refractivity (Wildman–Crippen MR) is 72.9 cm³/mol. The van der Waals surface area contributed by atoms with Crippen molar-refractivity contribution in [3.63, 3.8) is 0 Å². The summed E-state index contributed by atoms with van der Waals surface area (Å²) in [6.45, 7) is 12.0. The Morgan fingerprint density at radius 1 is 1.29 bits per heavy atom. The zero-order valence-electron chi connectivity index (χ0n) is 11.9. The Balaban J connectivity index is 3.78. The Labute approximate surface area is 106 Å². The number of nitrogens with one attached hydrogen (secondary N) is 1. The zero-order valence-corrected chi connectivity index (χ0v) is 11.9. The average molecular weight is 243 g/mol. The molecule has 0 aliphatic carbocycles. The Kier molecular flexibility index (Phi) is 8.17. The van der Waals surface area contributed by atoms with Crippen molar-refractivity contribution in [1.29, 1.82) is 0 Å². The molecule has 0 spiro atoms. The lowest BCUT2D eigenvalue weighted by atomic mass is 9.96. The second kappa shape index (κ2) is 8.48. The summed E-state index contributed by atoms with van der Waals surface area (Å²) in [4.78, 5) is 14.1. The molecule has 0 aliphatic rings. The van der Waals surface area contributed by atoms with Crippen LogP contribution in [0.3, 0.4) is 0 Å². The van der Waals surface area contributed by atoms with E-state index in [9.17, 15) is 4.79 Å². The minimum absolute atomic E-state index is 0.0288. The van der Waals surface area contributed by atoms with Gasteiger partial charge in [-0.1, -0.05) is 27.2 Å². The minimum atomic E-state index is -0.718. The quantitative estimate of drug-likeness (QED) is 0.601. The van der Waals surface area contributed by atoms with E-state index in [2.05, 4.69) is 24.1 Å². The molecule has 0 saturated heterocycles. The molecule has 3 N–H and O–H groups in total. The average Bonchev–Trinajstić information content (AvgIpc) is 2.29. The summed E-state index contributed by atoms with van der Waals surface area (Å²) in [6.07, 6.45) is 2.64. The number of hydrogen-bond donors (Lipinski definition) is 2. The molecule has 4 heteroatoms. The SMILES string of the molecule is CCCC(C)(N)C(=O)NCCCN(CC)CC. The molecule has 0 aromatic rings. The van der Waals surface area contributed by atoms with Crippen LogP contribution in [0.2, 0.25) is 0 Å². The van der Waals surface area contributed by atoms with Crippen LogP contribution in [0, 0.1) is 0 Å². The molecule has 1 atom stereocenters. The summed E-state index contributed by atoms with van der Waals surface area (Å²) >= 11 is 0. The van der Waals surface area contributed by atoms with Crippen LogP contribution in [0.25, 0.3) is 0 Å². The fourth-order valence-electron chi connectivity index (χ4n) is 1.88. The van der Waals surface area contributed by atoms with Crippen molar-refractivity contribution in [1.82, 2.24) is 10.2 Å². The highest BCUT2D eigenvalue weighted by molar-refractivity contribution is 5.85. The van der Waals surface area contributed by atoms with E-state index < -0.39 is 5.54 Å². The van der Waals surface area contributed by atoms with Crippen LogP contribution in [0.15, 0.2) is 0 Å². The molecular formula is C13H29N3O. The van der Waals surface area contributed by atoms with Gasteiger partial charge >= 0.3 is 0 Å². The van der Waals surface area contributed by atoms with E-state index in [1.54, 1.807) is 6.92 Å². The van der Waals surface area contributed by atoms with Gasteiger partial charge in [0.1, 0.15) is 0 Å². The van der Waals surface area contributed by atoms with Gasteiger partial charge in [-0.3, -0.25) is 4.79 Å². The van der Waals surface area contributed by atoms with Crippen LogP contribution in [0.5, 0.6) is 0 Å². The summed E-state index contributed by atoms with van der Waals surface area (Å²) in [6, 6.07) is 0. The third-order valence-electron chi connectivity index (χ3n) is 3.12. The van der Waals surface area contributed by atoms with Gasteiger partial charge < -0.3 is 16.0 Å².